The first-order chi connectivity index (χ1) is 15.5. The van der Waals surface area contributed by atoms with E-state index in [-0.39, 0.29) is 28.4 Å². The Bertz CT molecular complexity index is 1360. The van der Waals surface area contributed by atoms with Crippen molar-refractivity contribution in [1.29, 1.82) is 0 Å². The highest BCUT2D eigenvalue weighted by atomic mass is 32.2. The van der Waals surface area contributed by atoms with Gasteiger partial charge in [-0.2, -0.15) is 0 Å². The average molecular weight is 438 g/mol. The summed E-state index contributed by atoms with van der Waals surface area (Å²) in [6.07, 6.45) is 0. The van der Waals surface area contributed by atoms with Gasteiger partial charge < -0.3 is 10.4 Å². The summed E-state index contributed by atoms with van der Waals surface area (Å²) in [5.41, 5.74) is 3.35. The fourth-order valence-electron chi connectivity index (χ4n) is 3.87. The standard InChI is InChI=1S/C27H19NO3S/c1-16-10-12-18(13-11-16)32-22-9-5-8-19-23(22)27(31)25-21(29)15-14-20(24(25)26(19)30)28-17-6-3-2-4-7-17/h2-15,28-29H,1H3. The molecule has 0 saturated carbocycles. The zero-order valence-electron chi connectivity index (χ0n) is 17.3. The van der Waals surface area contributed by atoms with Gasteiger partial charge in [0.15, 0.2) is 11.6 Å². The van der Waals surface area contributed by atoms with Crippen LogP contribution in [-0.2, 0) is 0 Å². The maximum Gasteiger partial charge on any atom is 0.199 e. The molecule has 156 valence electrons. The van der Waals surface area contributed by atoms with Crippen molar-refractivity contribution in [2.75, 3.05) is 5.32 Å². The van der Waals surface area contributed by atoms with Gasteiger partial charge in [0.25, 0.3) is 0 Å². The summed E-state index contributed by atoms with van der Waals surface area (Å²) in [5.74, 6) is -0.827. The Labute approximate surface area is 189 Å². The molecule has 0 atom stereocenters. The monoisotopic (exact) mass is 437 g/mol. The van der Waals surface area contributed by atoms with E-state index in [1.807, 2.05) is 67.6 Å². The Balaban J connectivity index is 1.62. The lowest BCUT2D eigenvalue weighted by atomic mass is 9.82. The summed E-state index contributed by atoms with van der Waals surface area (Å²) in [6.45, 7) is 2.02. The lowest BCUT2D eigenvalue weighted by Gasteiger charge is -2.23. The van der Waals surface area contributed by atoms with E-state index in [0.717, 1.165) is 16.1 Å². The molecule has 4 aromatic rings. The van der Waals surface area contributed by atoms with Gasteiger partial charge in [-0.1, -0.05) is 59.8 Å². The number of benzene rings is 4. The number of carbonyl (C=O) groups excluding carboxylic acids is 2. The fraction of sp³-hybridized carbons (Fsp3) is 0.0370. The second-order valence-corrected chi connectivity index (χ2v) is 8.74. The Morgan fingerprint density at radius 2 is 1.47 bits per heavy atom. The third-order valence-corrected chi connectivity index (χ3v) is 6.50. The smallest absolute Gasteiger partial charge is 0.199 e. The SMILES string of the molecule is Cc1ccc(Sc2cccc3c2C(=O)c2c(O)ccc(Nc4ccccc4)c2C3=O)cc1. The van der Waals surface area contributed by atoms with E-state index in [1.165, 1.54) is 17.8 Å². The van der Waals surface area contributed by atoms with Gasteiger partial charge in [0.05, 0.1) is 16.8 Å². The summed E-state index contributed by atoms with van der Waals surface area (Å²) in [5, 5.41) is 13.8. The van der Waals surface area contributed by atoms with Crippen molar-refractivity contribution in [2.24, 2.45) is 0 Å². The van der Waals surface area contributed by atoms with E-state index in [0.29, 0.717) is 21.7 Å². The van der Waals surface area contributed by atoms with E-state index < -0.39 is 0 Å². The number of nitrogens with one attached hydrogen (secondary N) is 1. The second-order valence-electron chi connectivity index (χ2n) is 7.63. The normalized spacial score (nSPS) is 12.3. The first-order valence-electron chi connectivity index (χ1n) is 10.2. The van der Waals surface area contributed by atoms with Gasteiger partial charge in [-0.05, 0) is 49.4 Å². The molecule has 5 heteroatoms. The van der Waals surface area contributed by atoms with Gasteiger partial charge in [0, 0.05) is 26.6 Å². The number of ketones is 2. The van der Waals surface area contributed by atoms with E-state index in [9.17, 15) is 14.7 Å². The minimum Gasteiger partial charge on any atom is -0.507 e. The summed E-state index contributed by atoms with van der Waals surface area (Å²) in [7, 11) is 0. The highest BCUT2D eigenvalue weighted by Crippen LogP contribution is 2.42. The number of aryl methyl sites for hydroxylation is 1. The van der Waals surface area contributed by atoms with Crippen LogP contribution < -0.4 is 5.32 Å². The summed E-state index contributed by atoms with van der Waals surface area (Å²) in [6, 6.07) is 25.8. The Kier molecular flexibility index (Phi) is 5.04. The van der Waals surface area contributed by atoms with Crippen LogP contribution in [0.1, 0.15) is 37.4 Å². The molecule has 0 amide bonds. The van der Waals surface area contributed by atoms with Crippen molar-refractivity contribution < 1.29 is 14.7 Å². The predicted molar refractivity (Wildman–Crippen MR) is 126 cm³/mol. The summed E-state index contributed by atoms with van der Waals surface area (Å²) >= 11 is 1.43. The van der Waals surface area contributed by atoms with E-state index in [2.05, 4.69) is 5.32 Å². The number of fused-ring (bicyclic) bond motifs is 2. The topological polar surface area (TPSA) is 66.4 Å². The molecule has 0 saturated heterocycles. The number of para-hydroxylation sites is 1. The van der Waals surface area contributed by atoms with Crippen LogP contribution in [0.4, 0.5) is 11.4 Å². The molecular formula is C27H19NO3S. The van der Waals surface area contributed by atoms with Gasteiger partial charge in [-0.25, -0.2) is 0 Å². The Morgan fingerprint density at radius 1 is 0.719 bits per heavy atom. The van der Waals surface area contributed by atoms with Crippen molar-refractivity contribution in [3.05, 3.63) is 113 Å². The highest BCUT2D eigenvalue weighted by Gasteiger charge is 2.36. The van der Waals surface area contributed by atoms with Crippen molar-refractivity contribution in [3.63, 3.8) is 0 Å². The van der Waals surface area contributed by atoms with Crippen LogP contribution in [0.5, 0.6) is 5.75 Å². The molecule has 4 aromatic carbocycles. The van der Waals surface area contributed by atoms with E-state index >= 15 is 0 Å². The van der Waals surface area contributed by atoms with Gasteiger partial charge >= 0.3 is 0 Å². The van der Waals surface area contributed by atoms with Crippen molar-refractivity contribution in [3.8, 4) is 5.75 Å². The number of rotatable bonds is 4. The second kappa shape index (κ2) is 8.02. The van der Waals surface area contributed by atoms with Crippen LogP contribution in [0.3, 0.4) is 0 Å². The largest absolute Gasteiger partial charge is 0.507 e. The molecule has 1 aliphatic carbocycles. The molecule has 5 rings (SSSR count). The average Bonchev–Trinajstić information content (AvgIpc) is 2.80. The number of phenolic OH excluding ortho intramolecular Hbond substituents is 1. The maximum absolute atomic E-state index is 13.6. The molecule has 0 aromatic heterocycles. The predicted octanol–water partition coefficient (Wildman–Crippen LogP) is 6.37. The molecular weight excluding hydrogens is 418 g/mol. The molecule has 0 heterocycles. The first-order valence-corrected chi connectivity index (χ1v) is 11.0. The fourth-order valence-corrected chi connectivity index (χ4v) is 4.85. The molecule has 0 fully saturated rings. The number of phenols is 1. The van der Waals surface area contributed by atoms with Crippen LogP contribution in [0.15, 0.2) is 94.7 Å². The third kappa shape index (κ3) is 3.47. The summed E-state index contributed by atoms with van der Waals surface area (Å²) in [4.78, 5) is 28.8. The van der Waals surface area contributed by atoms with Crippen molar-refractivity contribution in [2.45, 2.75) is 16.7 Å². The van der Waals surface area contributed by atoms with E-state index in [4.69, 9.17) is 0 Å². The van der Waals surface area contributed by atoms with Crippen molar-refractivity contribution in [1.82, 2.24) is 0 Å². The zero-order chi connectivity index (χ0) is 22.2. The zero-order valence-corrected chi connectivity index (χ0v) is 18.1. The number of hydrogen-bond donors (Lipinski definition) is 2. The molecule has 0 radical (unpaired) electrons. The number of aromatic hydroxyl groups is 1. The first kappa shape index (κ1) is 20.1. The van der Waals surface area contributed by atoms with Crippen LogP contribution in [0.2, 0.25) is 0 Å². The van der Waals surface area contributed by atoms with Crippen LogP contribution in [-0.4, -0.2) is 16.7 Å². The highest BCUT2D eigenvalue weighted by molar-refractivity contribution is 7.99. The molecule has 32 heavy (non-hydrogen) atoms. The van der Waals surface area contributed by atoms with Gasteiger partial charge in [-0.15, -0.1) is 0 Å². The minimum atomic E-state index is -0.348. The molecule has 0 aliphatic heterocycles. The minimum absolute atomic E-state index is 0.0420. The lowest BCUT2D eigenvalue weighted by molar-refractivity contribution is 0.0975. The molecule has 4 nitrogen and oxygen atoms in total. The van der Waals surface area contributed by atoms with Crippen LogP contribution in [0.25, 0.3) is 0 Å². The van der Waals surface area contributed by atoms with Crippen molar-refractivity contribution >= 4 is 34.7 Å². The van der Waals surface area contributed by atoms with Gasteiger partial charge in [0.1, 0.15) is 5.75 Å². The molecule has 0 bridgehead atoms. The number of anilines is 2. The maximum atomic E-state index is 13.6. The number of hydrogen-bond acceptors (Lipinski definition) is 5. The van der Waals surface area contributed by atoms with Crippen LogP contribution in [0, 0.1) is 6.92 Å². The molecule has 0 spiro atoms. The van der Waals surface area contributed by atoms with Gasteiger partial charge in [0.2, 0.25) is 0 Å². The molecule has 0 unspecified atom stereocenters. The molecule has 1 aliphatic rings. The Morgan fingerprint density at radius 3 is 2.22 bits per heavy atom. The third-order valence-electron chi connectivity index (χ3n) is 5.44. The Hall–Kier alpha value is -3.83. The van der Waals surface area contributed by atoms with Gasteiger partial charge in [-0.3, -0.25) is 9.59 Å². The quantitative estimate of drug-likeness (QED) is 0.320. The lowest BCUT2D eigenvalue weighted by Crippen LogP contribution is -2.23. The summed E-state index contributed by atoms with van der Waals surface area (Å²) < 4.78 is 0. The number of carbonyl (C=O) groups is 2. The van der Waals surface area contributed by atoms with E-state index in [1.54, 1.807) is 18.2 Å². The van der Waals surface area contributed by atoms with Crippen LogP contribution >= 0.6 is 11.8 Å². The molecule has 2 N–H and O–H groups in total.